The van der Waals surface area contributed by atoms with Gasteiger partial charge in [0.15, 0.2) is 0 Å². The van der Waals surface area contributed by atoms with E-state index in [2.05, 4.69) is 0 Å². The quantitative estimate of drug-likeness (QED) is 0.385. The largest absolute Gasteiger partial charge is 0.467 e. The molecule has 0 bridgehead atoms. The maximum absolute atomic E-state index is 12.6. The van der Waals surface area contributed by atoms with Gasteiger partial charge in [0.2, 0.25) is 0 Å². The van der Waals surface area contributed by atoms with Crippen LogP contribution in [0.25, 0.3) is 0 Å². The molecule has 0 amide bonds. The topological polar surface area (TPSA) is 75.0 Å². The third-order valence-corrected chi connectivity index (χ3v) is 4.85. The van der Waals surface area contributed by atoms with E-state index in [1.807, 2.05) is 0 Å². The molecule has 0 atom stereocenters. The fraction of sp³-hybridized carbons (Fsp3) is 0.615. The van der Waals surface area contributed by atoms with Crippen LogP contribution in [0.15, 0.2) is 10.7 Å². The first-order chi connectivity index (χ1) is 10.0. The van der Waals surface area contributed by atoms with Crippen molar-refractivity contribution in [3.8, 4) is 0 Å². The Kier molecular flexibility index (Phi) is 7.46. The summed E-state index contributed by atoms with van der Waals surface area (Å²) in [6, 6.07) is 0. The van der Waals surface area contributed by atoms with E-state index in [0.29, 0.717) is 11.3 Å². The van der Waals surface area contributed by atoms with Crippen molar-refractivity contribution in [2.75, 3.05) is 19.8 Å². The molecule has 0 N–H and O–H groups in total. The number of halogens is 1. The summed E-state index contributed by atoms with van der Waals surface area (Å²) in [6.07, 6.45) is 1.18. The number of ether oxygens (including phenoxy) is 1. The number of hydrogen-bond donors (Lipinski definition) is 0. The predicted octanol–water partition coefficient (Wildman–Crippen LogP) is 3.96. The molecule has 1 heterocycles. The van der Waals surface area contributed by atoms with E-state index in [4.69, 9.17) is 29.8 Å². The van der Waals surface area contributed by atoms with Gasteiger partial charge in [0.25, 0.3) is 0 Å². The van der Waals surface area contributed by atoms with Gasteiger partial charge >= 0.3 is 13.6 Å². The second-order valence-electron chi connectivity index (χ2n) is 4.01. The number of esters is 1. The number of rotatable bonds is 9. The highest BCUT2D eigenvalue weighted by molar-refractivity contribution is 7.53. The number of alkyl halides is 1. The van der Waals surface area contributed by atoms with E-state index in [1.54, 1.807) is 20.8 Å². The highest BCUT2D eigenvalue weighted by atomic mass is 35.5. The average molecular weight is 339 g/mol. The minimum atomic E-state index is -3.36. The van der Waals surface area contributed by atoms with Gasteiger partial charge in [0.05, 0.1) is 31.9 Å². The van der Waals surface area contributed by atoms with Gasteiger partial charge in [0.1, 0.15) is 17.6 Å². The third-order valence-electron chi connectivity index (χ3n) is 2.60. The molecule has 0 saturated heterocycles. The van der Waals surface area contributed by atoms with Crippen molar-refractivity contribution in [3.05, 3.63) is 23.2 Å². The van der Waals surface area contributed by atoms with E-state index in [9.17, 15) is 9.36 Å². The Labute approximate surface area is 129 Å². The molecule has 1 aromatic heterocycles. The van der Waals surface area contributed by atoms with Crippen LogP contribution in [0.3, 0.4) is 0 Å². The van der Waals surface area contributed by atoms with Crippen LogP contribution in [-0.2, 0) is 30.4 Å². The van der Waals surface area contributed by atoms with Crippen molar-refractivity contribution in [2.24, 2.45) is 0 Å². The zero-order valence-corrected chi connectivity index (χ0v) is 14.0. The molecule has 1 aromatic rings. The van der Waals surface area contributed by atoms with Crippen LogP contribution in [0.1, 0.15) is 42.5 Å². The first kappa shape index (κ1) is 18.2. The van der Waals surface area contributed by atoms with Gasteiger partial charge in [-0.1, -0.05) is 0 Å². The molecule has 8 heteroatoms. The fourth-order valence-electron chi connectivity index (χ4n) is 1.80. The zero-order chi connectivity index (χ0) is 15.9. The van der Waals surface area contributed by atoms with Gasteiger partial charge in [-0.2, -0.15) is 0 Å². The molecule has 0 aromatic carbocycles. The fourth-order valence-corrected chi connectivity index (χ4v) is 3.81. The molecule has 0 saturated carbocycles. The lowest BCUT2D eigenvalue weighted by molar-refractivity contribution is 0.0524. The molecule has 21 heavy (non-hydrogen) atoms. The molecule has 120 valence electrons. The predicted molar refractivity (Wildman–Crippen MR) is 78.8 cm³/mol. The van der Waals surface area contributed by atoms with Gasteiger partial charge in [-0.3, -0.25) is 4.57 Å². The van der Waals surface area contributed by atoms with Crippen LogP contribution >= 0.6 is 19.2 Å². The molecule has 0 aliphatic rings. The summed E-state index contributed by atoms with van der Waals surface area (Å²) < 4.78 is 33.3. The van der Waals surface area contributed by atoms with Crippen molar-refractivity contribution in [1.29, 1.82) is 0 Å². The summed E-state index contributed by atoms with van der Waals surface area (Å²) in [6.45, 7) is 5.84. The minimum absolute atomic E-state index is 0.0486. The smallest absolute Gasteiger partial charge is 0.341 e. The normalized spacial score (nSPS) is 11.6. The first-order valence-electron chi connectivity index (χ1n) is 6.71. The number of carbonyl (C=O) groups excluding carboxylic acids is 1. The number of furan rings is 1. The van der Waals surface area contributed by atoms with E-state index in [-0.39, 0.29) is 37.4 Å². The van der Waals surface area contributed by atoms with Crippen molar-refractivity contribution in [1.82, 2.24) is 0 Å². The summed E-state index contributed by atoms with van der Waals surface area (Å²) >= 11 is 5.79. The lowest BCUT2D eigenvalue weighted by atomic mass is 10.2. The summed E-state index contributed by atoms with van der Waals surface area (Å²) in [5, 5.41) is 0. The standard InChI is InChI=1S/C13H20ClO6P/c1-4-17-13(15)10-8-18-12(7-14)11(10)9-21(16,19-5-2)20-6-3/h8H,4-7,9H2,1-3H3. The Hall–Kier alpha value is -0.810. The SMILES string of the molecule is CCOC(=O)c1coc(CCl)c1CP(=O)(OCC)OCC. The van der Waals surface area contributed by atoms with E-state index in [1.165, 1.54) is 6.26 Å². The monoisotopic (exact) mass is 338 g/mol. The van der Waals surface area contributed by atoms with E-state index < -0.39 is 13.6 Å². The highest BCUT2D eigenvalue weighted by Gasteiger charge is 2.30. The maximum atomic E-state index is 12.6. The van der Waals surface area contributed by atoms with Crippen LogP contribution in [0.5, 0.6) is 0 Å². The molecule has 0 aliphatic carbocycles. The Balaban J connectivity index is 3.11. The van der Waals surface area contributed by atoms with Gasteiger partial charge in [-0.05, 0) is 20.8 Å². The second-order valence-corrected chi connectivity index (χ2v) is 6.33. The Bertz CT molecular complexity index is 503. The minimum Gasteiger partial charge on any atom is -0.467 e. The summed E-state index contributed by atoms with van der Waals surface area (Å²) in [4.78, 5) is 11.9. The van der Waals surface area contributed by atoms with Crippen LogP contribution < -0.4 is 0 Å². The molecular formula is C13H20ClO6P. The lowest BCUT2D eigenvalue weighted by Crippen LogP contribution is -2.08. The maximum Gasteiger partial charge on any atom is 0.341 e. The van der Waals surface area contributed by atoms with Gasteiger partial charge in [0, 0.05) is 5.56 Å². The summed E-state index contributed by atoms with van der Waals surface area (Å²) in [7, 11) is -3.36. The molecule has 1 rings (SSSR count). The summed E-state index contributed by atoms with van der Waals surface area (Å²) in [5.74, 6) is -0.140. The van der Waals surface area contributed by atoms with Crippen molar-refractivity contribution >= 4 is 25.2 Å². The zero-order valence-electron chi connectivity index (χ0n) is 12.4. The number of hydrogen-bond acceptors (Lipinski definition) is 6. The lowest BCUT2D eigenvalue weighted by Gasteiger charge is -2.17. The van der Waals surface area contributed by atoms with Gasteiger partial charge < -0.3 is 18.2 Å². The van der Waals surface area contributed by atoms with Crippen molar-refractivity contribution in [2.45, 2.75) is 32.8 Å². The Morgan fingerprint density at radius 1 is 1.24 bits per heavy atom. The number of carbonyl (C=O) groups is 1. The molecular weight excluding hydrogens is 319 g/mol. The molecule has 0 radical (unpaired) electrons. The highest BCUT2D eigenvalue weighted by Crippen LogP contribution is 2.52. The second kappa shape index (κ2) is 8.59. The molecule has 0 fully saturated rings. The van der Waals surface area contributed by atoms with E-state index >= 15 is 0 Å². The molecule has 0 spiro atoms. The van der Waals surface area contributed by atoms with Crippen LogP contribution in [-0.4, -0.2) is 25.8 Å². The molecule has 6 nitrogen and oxygen atoms in total. The van der Waals surface area contributed by atoms with Gasteiger partial charge in [-0.25, -0.2) is 4.79 Å². The first-order valence-corrected chi connectivity index (χ1v) is 8.97. The molecule has 0 aliphatic heterocycles. The Morgan fingerprint density at radius 3 is 2.33 bits per heavy atom. The summed E-state index contributed by atoms with van der Waals surface area (Å²) in [5.41, 5.74) is 0.612. The molecule has 0 unspecified atom stereocenters. The van der Waals surface area contributed by atoms with Crippen LogP contribution in [0.4, 0.5) is 0 Å². The van der Waals surface area contributed by atoms with E-state index in [0.717, 1.165) is 0 Å². The van der Waals surface area contributed by atoms with Crippen molar-refractivity contribution in [3.63, 3.8) is 0 Å². The third kappa shape index (κ3) is 4.85. The van der Waals surface area contributed by atoms with Crippen LogP contribution in [0, 0.1) is 0 Å². The Morgan fingerprint density at radius 2 is 1.86 bits per heavy atom. The average Bonchev–Trinajstić information content (AvgIpc) is 2.82. The van der Waals surface area contributed by atoms with Crippen molar-refractivity contribution < 1.29 is 27.6 Å². The van der Waals surface area contributed by atoms with Gasteiger partial charge in [-0.15, -0.1) is 11.6 Å². The van der Waals surface area contributed by atoms with Crippen LogP contribution in [0.2, 0.25) is 0 Å².